The van der Waals surface area contributed by atoms with Crippen molar-refractivity contribution in [2.24, 2.45) is 5.73 Å². The predicted octanol–water partition coefficient (Wildman–Crippen LogP) is 0.594. The van der Waals surface area contributed by atoms with Crippen molar-refractivity contribution >= 4 is 39.9 Å². The summed E-state index contributed by atoms with van der Waals surface area (Å²) in [6, 6.07) is -0.127. The second kappa shape index (κ2) is 10.4. The van der Waals surface area contributed by atoms with Gasteiger partial charge in [-0.3, -0.25) is 4.79 Å². The maximum absolute atomic E-state index is 10.7. The molecular formula is C7H18Br2N2O2. The van der Waals surface area contributed by atoms with Crippen LogP contribution in [0.15, 0.2) is 0 Å². The normalized spacial score (nSPS) is 11.2. The molecule has 0 rings (SSSR count). The first-order chi connectivity index (χ1) is 5.06. The number of methoxy groups -OCH3 is 1. The summed E-state index contributed by atoms with van der Waals surface area (Å²) in [5.74, 6) is -0.251. The number of halogens is 2. The molecular weight excluding hydrogens is 304 g/mol. The van der Waals surface area contributed by atoms with E-state index in [1.807, 2.05) is 19.0 Å². The lowest BCUT2D eigenvalue weighted by Crippen LogP contribution is -2.35. The first kappa shape index (κ1) is 19.0. The van der Waals surface area contributed by atoms with Crippen molar-refractivity contribution < 1.29 is 9.53 Å². The maximum atomic E-state index is 10.7. The number of esters is 1. The summed E-state index contributed by atoms with van der Waals surface area (Å²) in [5.41, 5.74) is 5.61. The number of hydrogen-bond donors (Lipinski definition) is 1. The van der Waals surface area contributed by atoms with Crippen LogP contribution in [-0.4, -0.2) is 44.7 Å². The van der Waals surface area contributed by atoms with Crippen molar-refractivity contribution in [3.8, 4) is 0 Å². The van der Waals surface area contributed by atoms with E-state index in [1.165, 1.54) is 7.11 Å². The van der Waals surface area contributed by atoms with Gasteiger partial charge in [0.2, 0.25) is 0 Å². The van der Waals surface area contributed by atoms with Crippen LogP contribution in [0.4, 0.5) is 0 Å². The Balaban J connectivity index is -0.000000500. The van der Waals surface area contributed by atoms with Gasteiger partial charge in [-0.15, -0.1) is 34.0 Å². The standard InChI is InChI=1S/C7H16N2O2.2BrH/c1-9(2)5-6(8)4-7(10)11-3;;/h6H,4-5,8H2,1-3H3;2*1H/t6-;;/m1../s1. The van der Waals surface area contributed by atoms with Crippen LogP contribution in [0.25, 0.3) is 0 Å². The van der Waals surface area contributed by atoms with Crippen LogP contribution in [0.1, 0.15) is 6.42 Å². The molecule has 0 saturated carbocycles. The molecule has 4 nitrogen and oxygen atoms in total. The zero-order valence-corrected chi connectivity index (χ0v) is 11.6. The molecule has 6 heteroatoms. The Kier molecular flexibility index (Phi) is 15.3. The summed E-state index contributed by atoms with van der Waals surface area (Å²) >= 11 is 0. The monoisotopic (exact) mass is 320 g/mol. The van der Waals surface area contributed by atoms with E-state index in [1.54, 1.807) is 0 Å². The fraction of sp³-hybridized carbons (Fsp3) is 0.857. The van der Waals surface area contributed by atoms with E-state index in [-0.39, 0.29) is 52.4 Å². The molecule has 0 unspecified atom stereocenters. The number of carbonyl (C=O) groups excluding carboxylic acids is 1. The lowest BCUT2D eigenvalue weighted by atomic mass is 10.2. The molecule has 0 aromatic heterocycles. The van der Waals surface area contributed by atoms with Crippen LogP contribution < -0.4 is 5.73 Å². The molecule has 0 aromatic rings. The first-order valence-corrected chi connectivity index (χ1v) is 3.53. The van der Waals surface area contributed by atoms with Crippen molar-refractivity contribution in [1.29, 1.82) is 0 Å². The molecule has 0 fully saturated rings. The van der Waals surface area contributed by atoms with Gasteiger partial charge in [0.1, 0.15) is 0 Å². The zero-order valence-electron chi connectivity index (χ0n) is 8.15. The fourth-order valence-electron chi connectivity index (χ4n) is 0.831. The lowest BCUT2D eigenvalue weighted by Gasteiger charge is -2.15. The molecule has 2 N–H and O–H groups in total. The minimum Gasteiger partial charge on any atom is -0.469 e. The summed E-state index contributed by atoms with van der Waals surface area (Å²) in [6.45, 7) is 0.703. The van der Waals surface area contributed by atoms with Crippen LogP contribution in [0.3, 0.4) is 0 Å². The third-order valence-corrected chi connectivity index (χ3v) is 1.26. The number of nitrogens with zero attached hydrogens (tertiary/aromatic N) is 1. The summed E-state index contributed by atoms with van der Waals surface area (Å²) in [4.78, 5) is 12.6. The molecule has 0 aliphatic rings. The molecule has 0 aliphatic carbocycles. The molecule has 0 radical (unpaired) electrons. The Morgan fingerprint density at radius 2 is 1.92 bits per heavy atom. The van der Waals surface area contributed by atoms with E-state index in [0.717, 1.165) is 0 Å². The number of carbonyl (C=O) groups is 1. The summed E-state index contributed by atoms with van der Waals surface area (Å²) in [7, 11) is 5.19. The van der Waals surface area contributed by atoms with Gasteiger partial charge >= 0.3 is 5.97 Å². The first-order valence-electron chi connectivity index (χ1n) is 3.53. The maximum Gasteiger partial charge on any atom is 0.307 e. The Morgan fingerprint density at radius 1 is 1.46 bits per heavy atom. The average Bonchev–Trinajstić information content (AvgIpc) is 1.85. The molecule has 82 valence electrons. The molecule has 0 bridgehead atoms. The number of nitrogens with two attached hydrogens (primary N) is 1. The summed E-state index contributed by atoms with van der Waals surface area (Å²) < 4.78 is 4.46. The van der Waals surface area contributed by atoms with E-state index in [4.69, 9.17) is 5.73 Å². The van der Waals surface area contributed by atoms with E-state index in [0.29, 0.717) is 6.54 Å². The van der Waals surface area contributed by atoms with E-state index in [9.17, 15) is 4.79 Å². The Morgan fingerprint density at radius 3 is 2.23 bits per heavy atom. The second-order valence-electron chi connectivity index (χ2n) is 2.80. The SMILES string of the molecule is Br.Br.COC(=O)C[C@@H](N)CN(C)C. The minimum absolute atomic E-state index is 0. The van der Waals surface area contributed by atoms with E-state index < -0.39 is 0 Å². The summed E-state index contributed by atoms with van der Waals surface area (Å²) in [5, 5.41) is 0. The predicted molar refractivity (Wildman–Crippen MR) is 63.8 cm³/mol. The molecule has 0 aliphatic heterocycles. The van der Waals surface area contributed by atoms with Crippen LogP contribution in [0.5, 0.6) is 0 Å². The average molecular weight is 322 g/mol. The van der Waals surface area contributed by atoms with Crippen LogP contribution in [0, 0.1) is 0 Å². The van der Waals surface area contributed by atoms with Crippen molar-refractivity contribution in [3.05, 3.63) is 0 Å². The fourth-order valence-corrected chi connectivity index (χ4v) is 0.831. The van der Waals surface area contributed by atoms with E-state index in [2.05, 4.69) is 4.74 Å². The van der Waals surface area contributed by atoms with Crippen molar-refractivity contribution in [3.63, 3.8) is 0 Å². The molecule has 1 atom stereocenters. The van der Waals surface area contributed by atoms with Crippen molar-refractivity contribution in [2.75, 3.05) is 27.7 Å². The molecule has 0 amide bonds. The van der Waals surface area contributed by atoms with Crippen LogP contribution >= 0.6 is 34.0 Å². The number of rotatable bonds is 4. The van der Waals surface area contributed by atoms with Gasteiger partial charge in [0.05, 0.1) is 13.5 Å². The van der Waals surface area contributed by atoms with Gasteiger partial charge in [0.25, 0.3) is 0 Å². The van der Waals surface area contributed by atoms with Crippen LogP contribution in [-0.2, 0) is 9.53 Å². The largest absolute Gasteiger partial charge is 0.469 e. The van der Waals surface area contributed by atoms with Gasteiger partial charge in [-0.05, 0) is 14.1 Å². The highest BCUT2D eigenvalue weighted by molar-refractivity contribution is 8.93. The van der Waals surface area contributed by atoms with Gasteiger partial charge in [-0.2, -0.15) is 0 Å². The van der Waals surface area contributed by atoms with Gasteiger partial charge in [-0.25, -0.2) is 0 Å². The molecule has 0 aromatic carbocycles. The number of ether oxygens (including phenoxy) is 1. The Hall–Kier alpha value is 0.350. The second-order valence-corrected chi connectivity index (χ2v) is 2.80. The molecule has 0 saturated heterocycles. The topological polar surface area (TPSA) is 55.6 Å². The van der Waals surface area contributed by atoms with E-state index >= 15 is 0 Å². The quantitative estimate of drug-likeness (QED) is 0.770. The van der Waals surface area contributed by atoms with Gasteiger partial charge in [0, 0.05) is 12.6 Å². The van der Waals surface area contributed by atoms with Gasteiger partial charge in [-0.1, -0.05) is 0 Å². The highest BCUT2D eigenvalue weighted by atomic mass is 79.9. The third kappa shape index (κ3) is 12.4. The molecule has 0 spiro atoms. The lowest BCUT2D eigenvalue weighted by molar-refractivity contribution is -0.141. The minimum atomic E-state index is -0.251. The number of likely N-dealkylation sites (N-methyl/N-ethyl adjacent to an activating group) is 1. The number of hydrogen-bond acceptors (Lipinski definition) is 4. The highest BCUT2D eigenvalue weighted by Gasteiger charge is 2.09. The van der Waals surface area contributed by atoms with Crippen LogP contribution in [0.2, 0.25) is 0 Å². The van der Waals surface area contributed by atoms with Gasteiger partial charge < -0.3 is 15.4 Å². The Bertz CT molecular complexity index is 134. The van der Waals surface area contributed by atoms with Crippen molar-refractivity contribution in [1.82, 2.24) is 4.90 Å². The Labute approximate surface area is 100 Å². The molecule has 0 heterocycles. The smallest absolute Gasteiger partial charge is 0.307 e. The zero-order chi connectivity index (χ0) is 8.85. The van der Waals surface area contributed by atoms with Gasteiger partial charge in [0.15, 0.2) is 0 Å². The summed E-state index contributed by atoms with van der Waals surface area (Å²) in [6.07, 6.45) is 0.286. The third-order valence-electron chi connectivity index (χ3n) is 1.26. The molecule has 13 heavy (non-hydrogen) atoms. The van der Waals surface area contributed by atoms with Crippen molar-refractivity contribution in [2.45, 2.75) is 12.5 Å². The highest BCUT2D eigenvalue weighted by Crippen LogP contribution is 1.91.